The van der Waals surface area contributed by atoms with Gasteiger partial charge in [0.05, 0.1) is 22.8 Å². The Labute approximate surface area is 201 Å². The molecule has 6 heteroatoms. The Kier molecular flexibility index (Phi) is 6.72. The van der Waals surface area contributed by atoms with Crippen molar-refractivity contribution in [2.75, 3.05) is 0 Å². The summed E-state index contributed by atoms with van der Waals surface area (Å²) in [7, 11) is 0. The lowest BCUT2D eigenvalue weighted by Crippen LogP contribution is -2.41. The minimum atomic E-state index is 0.146. The summed E-state index contributed by atoms with van der Waals surface area (Å²) in [6.45, 7) is 4.22. The molecule has 3 heterocycles. The summed E-state index contributed by atoms with van der Waals surface area (Å²) in [6.07, 6.45) is 17.8. The smallest absolute Gasteiger partial charge is 0.267 e. The van der Waals surface area contributed by atoms with E-state index in [-0.39, 0.29) is 5.91 Å². The summed E-state index contributed by atoms with van der Waals surface area (Å²) in [5, 5.41) is 0.950. The lowest BCUT2D eigenvalue weighted by molar-refractivity contribution is -0.124. The average molecular weight is 463 g/mol. The first kappa shape index (κ1) is 22.5. The van der Waals surface area contributed by atoms with Crippen molar-refractivity contribution in [3.63, 3.8) is 0 Å². The Morgan fingerprint density at radius 1 is 1.06 bits per heavy atom. The monoisotopic (exact) mass is 462 g/mol. The van der Waals surface area contributed by atoms with Gasteiger partial charge in [-0.2, -0.15) is 0 Å². The van der Waals surface area contributed by atoms with Crippen LogP contribution in [-0.4, -0.2) is 37.6 Å². The molecule has 2 aliphatic carbocycles. The molecule has 1 amide bonds. The van der Waals surface area contributed by atoms with Crippen LogP contribution in [0.3, 0.4) is 0 Å². The summed E-state index contributed by atoms with van der Waals surface area (Å²) in [6, 6.07) is 6.87. The molecule has 2 aromatic rings. The first-order valence-corrected chi connectivity index (χ1v) is 13.3. The van der Waals surface area contributed by atoms with Gasteiger partial charge in [-0.3, -0.25) is 19.7 Å². The SMILES string of the molecule is Cc1cc(C=C2SC(=NC3CCCCC3)N(C3CCCCC3)C2=O)c(C)n1-c1cccnc1. The van der Waals surface area contributed by atoms with E-state index >= 15 is 0 Å². The number of aromatic nitrogens is 2. The van der Waals surface area contributed by atoms with Crippen LogP contribution in [0.5, 0.6) is 0 Å². The van der Waals surface area contributed by atoms with Crippen molar-refractivity contribution in [2.24, 2.45) is 4.99 Å². The van der Waals surface area contributed by atoms with Crippen LogP contribution in [0.4, 0.5) is 0 Å². The molecule has 3 fully saturated rings. The van der Waals surface area contributed by atoms with E-state index in [1.54, 1.807) is 18.0 Å². The second-order valence-electron chi connectivity index (χ2n) is 9.65. The number of hydrogen-bond acceptors (Lipinski definition) is 4. The fraction of sp³-hybridized carbons (Fsp3) is 0.519. The number of carbonyl (C=O) groups excluding carboxylic acids is 1. The molecule has 0 aromatic carbocycles. The highest BCUT2D eigenvalue weighted by Gasteiger charge is 2.39. The van der Waals surface area contributed by atoms with Crippen molar-refractivity contribution in [3.05, 3.63) is 52.4 Å². The Balaban J connectivity index is 1.48. The van der Waals surface area contributed by atoms with Gasteiger partial charge in [0.2, 0.25) is 0 Å². The number of amidine groups is 1. The Morgan fingerprint density at radius 2 is 1.79 bits per heavy atom. The molecular formula is C27H34N4OS. The fourth-order valence-electron chi connectivity index (χ4n) is 5.56. The van der Waals surface area contributed by atoms with Crippen molar-refractivity contribution in [2.45, 2.75) is 90.1 Å². The third-order valence-electron chi connectivity index (χ3n) is 7.31. The molecule has 0 bridgehead atoms. The molecule has 0 radical (unpaired) electrons. The number of carbonyl (C=O) groups is 1. The van der Waals surface area contributed by atoms with E-state index in [1.165, 1.54) is 38.5 Å². The van der Waals surface area contributed by atoms with Crippen LogP contribution in [0.2, 0.25) is 0 Å². The molecule has 0 atom stereocenters. The highest BCUT2D eigenvalue weighted by Crippen LogP contribution is 2.39. The van der Waals surface area contributed by atoms with Gasteiger partial charge >= 0.3 is 0 Å². The number of pyridine rings is 1. The lowest BCUT2D eigenvalue weighted by atomic mass is 9.94. The van der Waals surface area contributed by atoms with Gasteiger partial charge in [-0.15, -0.1) is 0 Å². The minimum absolute atomic E-state index is 0.146. The van der Waals surface area contributed by atoms with E-state index in [0.717, 1.165) is 58.4 Å². The van der Waals surface area contributed by atoms with E-state index < -0.39 is 0 Å². The van der Waals surface area contributed by atoms with E-state index in [1.807, 2.05) is 12.3 Å². The molecule has 0 N–H and O–H groups in total. The average Bonchev–Trinajstić information content (AvgIpc) is 3.30. The maximum Gasteiger partial charge on any atom is 0.267 e. The molecule has 0 unspecified atom stereocenters. The highest BCUT2D eigenvalue weighted by atomic mass is 32.2. The van der Waals surface area contributed by atoms with Crippen LogP contribution in [0, 0.1) is 13.8 Å². The van der Waals surface area contributed by atoms with Gasteiger partial charge in [-0.1, -0.05) is 38.5 Å². The van der Waals surface area contributed by atoms with Gasteiger partial charge in [0, 0.05) is 23.6 Å². The molecule has 33 heavy (non-hydrogen) atoms. The molecule has 2 aromatic heterocycles. The first-order valence-electron chi connectivity index (χ1n) is 12.5. The topological polar surface area (TPSA) is 50.5 Å². The van der Waals surface area contributed by atoms with Crippen molar-refractivity contribution in [3.8, 4) is 5.69 Å². The number of aryl methyl sites for hydroxylation is 1. The van der Waals surface area contributed by atoms with Crippen molar-refractivity contribution < 1.29 is 4.79 Å². The van der Waals surface area contributed by atoms with E-state index in [2.05, 4.69) is 46.5 Å². The number of nitrogens with zero attached hydrogens (tertiary/aromatic N) is 4. The highest BCUT2D eigenvalue weighted by molar-refractivity contribution is 8.18. The zero-order valence-electron chi connectivity index (χ0n) is 19.8. The molecule has 5 rings (SSSR count). The maximum absolute atomic E-state index is 13.7. The van der Waals surface area contributed by atoms with Crippen LogP contribution in [0.15, 0.2) is 40.5 Å². The largest absolute Gasteiger partial charge is 0.316 e. The van der Waals surface area contributed by atoms with Crippen LogP contribution < -0.4 is 0 Å². The van der Waals surface area contributed by atoms with Gasteiger partial charge in [0.15, 0.2) is 5.17 Å². The molecule has 0 spiro atoms. The normalized spacial score (nSPS) is 23.2. The van der Waals surface area contributed by atoms with Crippen molar-refractivity contribution >= 4 is 28.9 Å². The standard InChI is InChI=1S/C27H34N4OS/c1-19-16-21(20(2)30(19)24-14-9-15-28-18-24)17-25-26(32)31(23-12-7-4-8-13-23)27(33-25)29-22-10-5-3-6-11-22/h9,14-18,22-23H,3-8,10-13H2,1-2H3. The second-order valence-corrected chi connectivity index (χ2v) is 10.7. The van der Waals surface area contributed by atoms with Gasteiger partial charge in [0.25, 0.3) is 5.91 Å². The maximum atomic E-state index is 13.7. The lowest BCUT2D eigenvalue weighted by Gasteiger charge is -2.31. The third-order valence-corrected chi connectivity index (χ3v) is 8.30. The second kappa shape index (κ2) is 9.88. The van der Waals surface area contributed by atoms with Crippen LogP contribution >= 0.6 is 11.8 Å². The summed E-state index contributed by atoms with van der Waals surface area (Å²) < 4.78 is 2.21. The summed E-state index contributed by atoms with van der Waals surface area (Å²) in [4.78, 5) is 26.0. The molecule has 1 aliphatic heterocycles. The molecule has 2 saturated carbocycles. The number of hydrogen-bond donors (Lipinski definition) is 0. The van der Waals surface area contributed by atoms with Gasteiger partial charge in [0.1, 0.15) is 0 Å². The molecule has 5 nitrogen and oxygen atoms in total. The van der Waals surface area contributed by atoms with Crippen LogP contribution in [0.1, 0.15) is 81.2 Å². The van der Waals surface area contributed by atoms with Gasteiger partial charge < -0.3 is 4.57 Å². The molecule has 174 valence electrons. The minimum Gasteiger partial charge on any atom is -0.316 e. The quantitative estimate of drug-likeness (QED) is 0.492. The van der Waals surface area contributed by atoms with E-state index in [9.17, 15) is 4.79 Å². The molecule has 1 saturated heterocycles. The predicted octanol–water partition coefficient (Wildman–Crippen LogP) is 6.43. The number of rotatable bonds is 4. The molecule has 3 aliphatic rings. The number of thioether (sulfide) groups is 1. The summed E-state index contributed by atoms with van der Waals surface area (Å²) in [5.41, 5.74) is 4.41. The number of amides is 1. The van der Waals surface area contributed by atoms with Gasteiger partial charge in [-0.25, -0.2) is 0 Å². The van der Waals surface area contributed by atoms with Crippen LogP contribution in [0.25, 0.3) is 11.8 Å². The fourth-order valence-corrected chi connectivity index (χ4v) is 6.66. The van der Waals surface area contributed by atoms with E-state index in [4.69, 9.17) is 4.99 Å². The number of aliphatic imine (C=N–C) groups is 1. The Hall–Kier alpha value is -2.34. The zero-order chi connectivity index (χ0) is 22.8. The van der Waals surface area contributed by atoms with Crippen molar-refractivity contribution in [1.82, 2.24) is 14.5 Å². The first-order chi connectivity index (χ1) is 16.1. The van der Waals surface area contributed by atoms with E-state index in [0.29, 0.717) is 12.1 Å². The van der Waals surface area contributed by atoms with Gasteiger partial charge in [-0.05, 0) is 81.1 Å². The van der Waals surface area contributed by atoms with Crippen LogP contribution in [-0.2, 0) is 4.79 Å². The predicted molar refractivity (Wildman–Crippen MR) is 137 cm³/mol. The third kappa shape index (κ3) is 4.68. The van der Waals surface area contributed by atoms with Crippen molar-refractivity contribution in [1.29, 1.82) is 0 Å². The Morgan fingerprint density at radius 3 is 2.48 bits per heavy atom. The Bertz CT molecular complexity index is 1060. The zero-order valence-corrected chi connectivity index (χ0v) is 20.6. The summed E-state index contributed by atoms with van der Waals surface area (Å²) >= 11 is 1.59. The summed E-state index contributed by atoms with van der Waals surface area (Å²) in [5.74, 6) is 0.146. The molecular weight excluding hydrogens is 428 g/mol.